The Kier molecular flexibility index (Phi) is 3.61. The summed E-state index contributed by atoms with van der Waals surface area (Å²) in [6.07, 6.45) is 1.61. The molecule has 1 aromatic carbocycles. The number of methoxy groups -OCH3 is 1. The fourth-order valence-electron chi connectivity index (χ4n) is 2.06. The summed E-state index contributed by atoms with van der Waals surface area (Å²) in [7, 11) is -1.85. The summed E-state index contributed by atoms with van der Waals surface area (Å²) in [5, 5.41) is 0. The van der Waals surface area contributed by atoms with E-state index in [0.29, 0.717) is 11.3 Å². The number of rotatable bonds is 4. The highest BCUT2D eigenvalue weighted by molar-refractivity contribution is 7.89. The molecule has 0 saturated heterocycles. The van der Waals surface area contributed by atoms with Crippen molar-refractivity contribution in [3.8, 4) is 0 Å². The van der Waals surface area contributed by atoms with Crippen LogP contribution in [0.25, 0.3) is 0 Å². The van der Waals surface area contributed by atoms with E-state index < -0.39 is 10.0 Å². The SMILES string of the molecule is COC1CC(NS(=O)(=O)c2cccc(N)c2C)C1. The molecule has 0 bridgehead atoms. The summed E-state index contributed by atoms with van der Waals surface area (Å²) < 4.78 is 32.2. The summed E-state index contributed by atoms with van der Waals surface area (Å²) in [5.41, 5.74) is 6.80. The van der Waals surface area contributed by atoms with Crippen molar-refractivity contribution in [3.63, 3.8) is 0 Å². The second kappa shape index (κ2) is 4.87. The highest BCUT2D eigenvalue weighted by Gasteiger charge is 2.33. The van der Waals surface area contributed by atoms with E-state index in [9.17, 15) is 8.42 Å². The topological polar surface area (TPSA) is 81.4 Å². The van der Waals surface area contributed by atoms with Crippen LogP contribution in [0, 0.1) is 6.92 Å². The Bertz CT molecular complexity index is 536. The van der Waals surface area contributed by atoms with Gasteiger partial charge < -0.3 is 10.5 Å². The fourth-order valence-corrected chi connectivity index (χ4v) is 3.60. The van der Waals surface area contributed by atoms with Gasteiger partial charge in [-0.3, -0.25) is 0 Å². The van der Waals surface area contributed by atoms with Gasteiger partial charge >= 0.3 is 0 Å². The second-order valence-electron chi connectivity index (χ2n) is 4.62. The zero-order valence-electron chi connectivity index (χ0n) is 10.5. The lowest BCUT2D eigenvalue weighted by Crippen LogP contribution is -2.47. The Morgan fingerprint density at radius 1 is 1.39 bits per heavy atom. The minimum Gasteiger partial charge on any atom is -0.398 e. The third-order valence-electron chi connectivity index (χ3n) is 3.37. The number of nitrogens with two attached hydrogens (primary N) is 1. The molecule has 0 aliphatic heterocycles. The summed E-state index contributed by atoms with van der Waals surface area (Å²) in [6, 6.07) is 4.87. The quantitative estimate of drug-likeness (QED) is 0.801. The Morgan fingerprint density at radius 2 is 2.06 bits per heavy atom. The molecular formula is C12H18N2O3S. The molecule has 0 heterocycles. The molecule has 1 aliphatic carbocycles. The maximum Gasteiger partial charge on any atom is 0.241 e. The van der Waals surface area contributed by atoms with Gasteiger partial charge in [-0.1, -0.05) is 6.07 Å². The van der Waals surface area contributed by atoms with E-state index >= 15 is 0 Å². The van der Waals surface area contributed by atoms with Gasteiger partial charge in [0.15, 0.2) is 0 Å². The van der Waals surface area contributed by atoms with Gasteiger partial charge in [-0.05, 0) is 37.5 Å². The van der Waals surface area contributed by atoms with Crippen LogP contribution in [0.3, 0.4) is 0 Å². The molecule has 3 N–H and O–H groups in total. The molecule has 0 unspecified atom stereocenters. The van der Waals surface area contributed by atoms with E-state index in [0.717, 1.165) is 12.8 Å². The lowest BCUT2D eigenvalue weighted by Gasteiger charge is -2.34. The second-order valence-corrected chi connectivity index (χ2v) is 6.30. The number of hydrogen-bond donors (Lipinski definition) is 2. The normalized spacial score (nSPS) is 23.7. The Morgan fingerprint density at radius 3 is 2.67 bits per heavy atom. The zero-order chi connectivity index (χ0) is 13.3. The molecule has 1 aromatic rings. The maximum absolute atomic E-state index is 12.2. The molecule has 0 atom stereocenters. The van der Waals surface area contributed by atoms with Crippen molar-refractivity contribution < 1.29 is 13.2 Å². The predicted molar refractivity (Wildman–Crippen MR) is 69.7 cm³/mol. The van der Waals surface area contributed by atoms with Gasteiger partial charge in [-0.2, -0.15) is 0 Å². The van der Waals surface area contributed by atoms with E-state index in [-0.39, 0.29) is 17.0 Å². The molecule has 1 aliphatic rings. The fraction of sp³-hybridized carbons (Fsp3) is 0.500. The number of sulfonamides is 1. The van der Waals surface area contributed by atoms with Gasteiger partial charge in [0, 0.05) is 18.8 Å². The van der Waals surface area contributed by atoms with Crippen LogP contribution in [0.4, 0.5) is 5.69 Å². The number of benzene rings is 1. The van der Waals surface area contributed by atoms with Crippen molar-refractivity contribution in [2.75, 3.05) is 12.8 Å². The van der Waals surface area contributed by atoms with Crippen molar-refractivity contribution in [1.29, 1.82) is 0 Å². The highest BCUT2D eigenvalue weighted by Crippen LogP contribution is 2.26. The largest absolute Gasteiger partial charge is 0.398 e. The van der Waals surface area contributed by atoms with Crippen molar-refractivity contribution in [2.45, 2.75) is 36.8 Å². The van der Waals surface area contributed by atoms with Gasteiger partial charge in [-0.25, -0.2) is 13.1 Å². The van der Waals surface area contributed by atoms with Crippen LogP contribution in [-0.4, -0.2) is 27.7 Å². The van der Waals surface area contributed by atoms with Gasteiger partial charge in [0.05, 0.1) is 11.0 Å². The van der Waals surface area contributed by atoms with Crippen molar-refractivity contribution >= 4 is 15.7 Å². The van der Waals surface area contributed by atoms with Gasteiger partial charge in [0.25, 0.3) is 0 Å². The van der Waals surface area contributed by atoms with E-state index in [1.165, 1.54) is 0 Å². The number of hydrogen-bond acceptors (Lipinski definition) is 4. The average molecular weight is 270 g/mol. The third-order valence-corrected chi connectivity index (χ3v) is 5.03. The van der Waals surface area contributed by atoms with E-state index in [1.54, 1.807) is 32.2 Å². The average Bonchev–Trinajstić information content (AvgIpc) is 2.26. The molecule has 6 heteroatoms. The van der Waals surface area contributed by atoms with E-state index in [2.05, 4.69) is 4.72 Å². The first-order chi connectivity index (χ1) is 8.44. The molecule has 0 aromatic heterocycles. The monoisotopic (exact) mass is 270 g/mol. The highest BCUT2D eigenvalue weighted by atomic mass is 32.2. The number of ether oxygens (including phenoxy) is 1. The van der Waals surface area contributed by atoms with E-state index in [1.807, 2.05) is 0 Å². The van der Waals surface area contributed by atoms with Crippen LogP contribution >= 0.6 is 0 Å². The lowest BCUT2D eigenvalue weighted by atomic mass is 9.90. The van der Waals surface area contributed by atoms with Crippen molar-refractivity contribution in [2.24, 2.45) is 0 Å². The summed E-state index contributed by atoms with van der Waals surface area (Å²) >= 11 is 0. The first-order valence-electron chi connectivity index (χ1n) is 5.84. The minimum absolute atomic E-state index is 0.0409. The lowest BCUT2D eigenvalue weighted by molar-refractivity contribution is 0.0236. The van der Waals surface area contributed by atoms with Crippen LogP contribution in [0.1, 0.15) is 18.4 Å². The number of nitrogen functional groups attached to an aromatic ring is 1. The maximum atomic E-state index is 12.2. The van der Waals surface area contributed by atoms with Crippen LogP contribution in [0.5, 0.6) is 0 Å². The molecule has 0 radical (unpaired) electrons. The Labute approximate surface area is 107 Å². The summed E-state index contributed by atoms with van der Waals surface area (Å²) in [4.78, 5) is 0.253. The van der Waals surface area contributed by atoms with Crippen molar-refractivity contribution in [1.82, 2.24) is 4.72 Å². The van der Waals surface area contributed by atoms with Gasteiger partial charge in [0.2, 0.25) is 10.0 Å². The zero-order valence-corrected chi connectivity index (χ0v) is 11.3. The predicted octanol–water partition coefficient (Wildman–Crippen LogP) is 1.03. The van der Waals surface area contributed by atoms with Crippen LogP contribution in [0.2, 0.25) is 0 Å². The van der Waals surface area contributed by atoms with E-state index in [4.69, 9.17) is 10.5 Å². The summed E-state index contributed by atoms with van der Waals surface area (Å²) in [5.74, 6) is 0. The molecule has 2 rings (SSSR count). The smallest absolute Gasteiger partial charge is 0.241 e. The van der Waals surface area contributed by atoms with Gasteiger partial charge in [-0.15, -0.1) is 0 Å². The molecule has 0 spiro atoms. The standard InChI is InChI=1S/C12H18N2O3S/c1-8-11(13)4-3-5-12(8)18(15,16)14-9-6-10(7-9)17-2/h3-5,9-10,14H,6-7,13H2,1-2H3. The van der Waals surface area contributed by atoms with Gasteiger partial charge in [0.1, 0.15) is 0 Å². The molecule has 5 nitrogen and oxygen atoms in total. The van der Waals surface area contributed by atoms with Crippen molar-refractivity contribution in [3.05, 3.63) is 23.8 Å². The first-order valence-corrected chi connectivity index (χ1v) is 7.32. The van der Waals surface area contributed by atoms with Crippen LogP contribution in [0.15, 0.2) is 23.1 Å². The molecular weight excluding hydrogens is 252 g/mol. The minimum atomic E-state index is -3.49. The summed E-state index contributed by atoms with van der Waals surface area (Å²) in [6.45, 7) is 1.71. The Balaban J connectivity index is 2.14. The van der Waals surface area contributed by atoms with Crippen LogP contribution in [-0.2, 0) is 14.8 Å². The molecule has 100 valence electrons. The first kappa shape index (κ1) is 13.3. The molecule has 0 amide bonds. The molecule has 18 heavy (non-hydrogen) atoms. The number of anilines is 1. The third kappa shape index (κ3) is 2.50. The Hall–Kier alpha value is -1.11. The molecule has 1 saturated carbocycles. The van der Waals surface area contributed by atoms with Crippen LogP contribution < -0.4 is 10.5 Å². The number of nitrogens with one attached hydrogen (secondary N) is 1. The molecule has 1 fully saturated rings.